The molecule has 0 radical (unpaired) electrons. The molecule has 2 aromatic carbocycles. The first-order chi connectivity index (χ1) is 12.7. The van der Waals surface area contributed by atoms with Gasteiger partial charge in [0.1, 0.15) is 0 Å². The highest BCUT2D eigenvalue weighted by Crippen LogP contribution is 2.31. The van der Waals surface area contributed by atoms with E-state index in [2.05, 4.69) is 15.6 Å². The van der Waals surface area contributed by atoms with E-state index in [9.17, 15) is 18.0 Å². The van der Waals surface area contributed by atoms with E-state index in [-0.39, 0.29) is 12.1 Å². The largest absolute Gasteiger partial charge is 0.416 e. The van der Waals surface area contributed by atoms with Gasteiger partial charge in [-0.25, -0.2) is 9.78 Å². The Labute approximate surface area is 154 Å². The average molecular weight is 373 g/mol. The van der Waals surface area contributed by atoms with E-state index in [0.717, 1.165) is 17.5 Å². The number of rotatable bonds is 3. The number of hydrogen-bond donors (Lipinski definition) is 2. The minimum atomic E-state index is -4.37. The molecule has 1 aromatic heterocycles. The minimum absolute atomic E-state index is 0.00912. The van der Waals surface area contributed by atoms with E-state index < -0.39 is 11.7 Å². The predicted octanol–water partition coefficient (Wildman–Crippen LogP) is 5.45. The molecule has 3 aromatic rings. The summed E-state index contributed by atoms with van der Waals surface area (Å²) in [5.41, 5.74) is 1.66. The smallest absolute Gasteiger partial charge is 0.336 e. The fourth-order valence-electron chi connectivity index (χ4n) is 2.62. The van der Waals surface area contributed by atoms with Gasteiger partial charge in [0.2, 0.25) is 0 Å². The Kier molecular flexibility index (Phi) is 5.03. The van der Waals surface area contributed by atoms with Crippen molar-refractivity contribution in [2.24, 2.45) is 0 Å². The average Bonchev–Trinajstić information content (AvgIpc) is 2.59. The number of pyridine rings is 1. The van der Waals surface area contributed by atoms with Crippen molar-refractivity contribution >= 4 is 22.6 Å². The van der Waals surface area contributed by atoms with Crippen molar-refractivity contribution in [3.05, 3.63) is 60.2 Å². The maximum atomic E-state index is 12.7. The number of alkyl halides is 3. The first-order valence-electron chi connectivity index (χ1n) is 8.38. The van der Waals surface area contributed by atoms with E-state index in [1.807, 2.05) is 26.0 Å². The zero-order valence-corrected chi connectivity index (χ0v) is 14.8. The molecule has 2 N–H and O–H groups in total. The van der Waals surface area contributed by atoms with E-state index in [1.165, 1.54) is 12.1 Å². The van der Waals surface area contributed by atoms with Crippen LogP contribution in [0.15, 0.2) is 54.6 Å². The van der Waals surface area contributed by atoms with Crippen LogP contribution in [0.4, 0.5) is 23.7 Å². The number of carbonyl (C=O) groups excluding carboxylic acids is 1. The summed E-state index contributed by atoms with van der Waals surface area (Å²) in [4.78, 5) is 16.3. The summed E-state index contributed by atoms with van der Waals surface area (Å²) < 4.78 is 38.1. The molecule has 7 heteroatoms. The minimum Gasteiger partial charge on any atom is -0.336 e. The molecule has 3 rings (SSSR count). The van der Waals surface area contributed by atoms with E-state index in [1.54, 1.807) is 18.2 Å². The number of amides is 2. The van der Waals surface area contributed by atoms with Crippen LogP contribution in [-0.2, 0) is 6.18 Å². The molecule has 0 fully saturated rings. The molecule has 0 unspecified atom stereocenters. The van der Waals surface area contributed by atoms with Gasteiger partial charge in [-0.15, -0.1) is 0 Å². The summed E-state index contributed by atoms with van der Waals surface area (Å²) in [6.45, 7) is 3.72. The molecule has 0 aliphatic heterocycles. The van der Waals surface area contributed by atoms with Crippen LogP contribution in [0.2, 0.25) is 0 Å². The summed E-state index contributed by atoms with van der Waals surface area (Å²) in [5.74, 6) is 0. The maximum Gasteiger partial charge on any atom is 0.416 e. The summed E-state index contributed by atoms with van der Waals surface area (Å²) >= 11 is 0. The first kappa shape index (κ1) is 18.7. The van der Waals surface area contributed by atoms with Crippen molar-refractivity contribution in [3.8, 4) is 11.3 Å². The maximum absolute atomic E-state index is 12.7. The van der Waals surface area contributed by atoms with Gasteiger partial charge in [0.15, 0.2) is 0 Å². The van der Waals surface area contributed by atoms with E-state index in [4.69, 9.17) is 0 Å². The van der Waals surface area contributed by atoms with Crippen LogP contribution in [0.25, 0.3) is 22.2 Å². The fraction of sp³-hybridized carbons (Fsp3) is 0.200. The van der Waals surface area contributed by atoms with Crippen molar-refractivity contribution in [1.29, 1.82) is 0 Å². The highest BCUT2D eigenvalue weighted by Gasteiger charge is 2.30. The van der Waals surface area contributed by atoms with Crippen LogP contribution >= 0.6 is 0 Å². The van der Waals surface area contributed by atoms with Gasteiger partial charge in [-0.2, -0.15) is 13.2 Å². The molecule has 27 heavy (non-hydrogen) atoms. The Hall–Kier alpha value is -3.09. The van der Waals surface area contributed by atoms with Gasteiger partial charge in [-0.1, -0.05) is 24.3 Å². The molecule has 0 saturated heterocycles. The number of carbonyl (C=O) groups is 1. The third-order valence-electron chi connectivity index (χ3n) is 3.88. The van der Waals surface area contributed by atoms with Crippen LogP contribution in [0, 0.1) is 0 Å². The number of benzene rings is 2. The van der Waals surface area contributed by atoms with Crippen LogP contribution in [-0.4, -0.2) is 17.1 Å². The molecule has 0 aliphatic carbocycles. The van der Waals surface area contributed by atoms with E-state index in [0.29, 0.717) is 22.5 Å². The van der Waals surface area contributed by atoms with Gasteiger partial charge in [-0.3, -0.25) is 0 Å². The molecule has 4 nitrogen and oxygen atoms in total. The Bertz CT molecular complexity index is 966. The zero-order valence-electron chi connectivity index (χ0n) is 14.8. The molecule has 0 spiro atoms. The predicted molar refractivity (Wildman–Crippen MR) is 99.5 cm³/mol. The first-order valence-corrected chi connectivity index (χ1v) is 8.38. The van der Waals surface area contributed by atoms with Crippen LogP contribution in [0.5, 0.6) is 0 Å². The Balaban J connectivity index is 1.88. The second kappa shape index (κ2) is 7.26. The Morgan fingerprint density at radius 1 is 1.00 bits per heavy atom. The highest BCUT2D eigenvalue weighted by molar-refractivity contribution is 5.93. The number of urea groups is 1. The van der Waals surface area contributed by atoms with Crippen LogP contribution < -0.4 is 10.6 Å². The summed E-state index contributed by atoms with van der Waals surface area (Å²) in [6.07, 6.45) is -4.37. The number of nitrogens with zero attached hydrogens (tertiary/aromatic N) is 1. The van der Waals surface area contributed by atoms with Gasteiger partial charge in [0, 0.05) is 22.7 Å². The van der Waals surface area contributed by atoms with Crippen molar-refractivity contribution in [1.82, 2.24) is 10.3 Å². The number of nitrogens with one attached hydrogen (secondary N) is 2. The topological polar surface area (TPSA) is 54.0 Å². The number of fused-ring (bicyclic) bond motifs is 1. The van der Waals surface area contributed by atoms with Crippen molar-refractivity contribution in [3.63, 3.8) is 0 Å². The summed E-state index contributed by atoms with van der Waals surface area (Å²) in [5, 5.41) is 6.33. The molecule has 0 bridgehead atoms. The monoisotopic (exact) mass is 373 g/mol. The highest BCUT2D eigenvalue weighted by atomic mass is 19.4. The molecule has 2 amide bonds. The van der Waals surface area contributed by atoms with E-state index >= 15 is 0 Å². The van der Waals surface area contributed by atoms with Crippen LogP contribution in [0.1, 0.15) is 19.4 Å². The van der Waals surface area contributed by atoms with Gasteiger partial charge < -0.3 is 10.6 Å². The molecular weight excluding hydrogens is 355 g/mol. The van der Waals surface area contributed by atoms with Gasteiger partial charge >= 0.3 is 12.2 Å². The second-order valence-electron chi connectivity index (χ2n) is 6.43. The van der Waals surface area contributed by atoms with Crippen molar-refractivity contribution < 1.29 is 18.0 Å². The zero-order chi connectivity index (χ0) is 19.6. The summed E-state index contributed by atoms with van der Waals surface area (Å²) in [6, 6.07) is 13.5. The lowest BCUT2D eigenvalue weighted by atomic mass is 10.1. The standard InChI is InChI=1S/C20H18F3N3O/c1-12(2)24-19(27)25-16-9-5-14-6-10-17(26-18(14)11-16)13-3-7-15(8-4-13)20(21,22)23/h3-12H,1-2H3,(H2,24,25,27). The number of halogens is 3. The molecule has 0 saturated carbocycles. The number of hydrogen-bond acceptors (Lipinski definition) is 2. The quantitative estimate of drug-likeness (QED) is 0.641. The van der Waals surface area contributed by atoms with Gasteiger partial charge in [0.05, 0.1) is 16.8 Å². The Morgan fingerprint density at radius 2 is 1.67 bits per heavy atom. The molecular formula is C20H18F3N3O. The lowest BCUT2D eigenvalue weighted by Gasteiger charge is -2.11. The van der Waals surface area contributed by atoms with Crippen LogP contribution in [0.3, 0.4) is 0 Å². The number of anilines is 1. The SMILES string of the molecule is CC(C)NC(=O)Nc1ccc2ccc(-c3ccc(C(F)(F)F)cc3)nc2c1. The van der Waals surface area contributed by atoms with Crippen molar-refractivity contribution in [2.75, 3.05) is 5.32 Å². The molecule has 1 heterocycles. The molecule has 0 aliphatic rings. The lowest BCUT2D eigenvalue weighted by molar-refractivity contribution is -0.137. The third kappa shape index (κ3) is 4.55. The third-order valence-corrected chi connectivity index (χ3v) is 3.88. The van der Waals surface area contributed by atoms with Gasteiger partial charge in [0.25, 0.3) is 0 Å². The van der Waals surface area contributed by atoms with Gasteiger partial charge in [-0.05, 0) is 44.2 Å². The normalized spacial score (nSPS) is 11.6. The lowest BCUT2D eigenvalue weighted by Crippen LogP contribution is -2.34. The Morgan fingerprint density at radius 3 is 2.30 bits per heavy atom. The summed E-state index contributed by atoms with van der Waals surface area (Å²) in [7, 11) is 0. The second-order valence-corrected chi connectivity index (χ2v) is 6.43. The molecule has 140 valence electrons. The van der Waals surface area contributed by atoms with Crippen molar-refractivity contribution in [2.45, 2.75) is 26.1 Å². The molecule has 0 atom stereocenters. The fourth-order valence-corrected chi connectivity index (χ4v) is 2.62. The number of aromatic nitrogens is 1.